The number of fused-ring (bicyclic) bond motifs is 1. The van der Waals surface area contributed by atoms with Gasteiger partial charge in [0.2, 0.25) is 0 Å². The van der Waals surface area contributed by atoms with Crippen molar-refractivity contribution in [2.75, 3.05) is 25.0 Å². The van der Waals surface area contributed by atoms with E-state index in [9.17, 15) is 0 Å². The Balaban J connectivity index is 1.94. The maximum Gasteiger partial charge on any atom is 0.0386 e. The second-order valence-electron chi connectivity index (χ2n) is 4.57. The highest BCUT2D eigenvalue weighted by atomic mass is 15.1. The molecule has 0 bridgehead atoms. The largest absolute Gasteiger partial charge is 0.383 e. The topological polar surface area (TPSA) is 15.3 Å². The zero-order valence-corrected chi connectivity index (χ0v) is 10.2. The van der Waals surface area contributed by atoms with Gasteiger partial charge in [-0.25, -0.2) is 0 Å². The van der Waals surface area contributed by atoms with Crippen LogP contribution in [0.5, 0.6) is 0 Å². The lowest BCUT2D eigenvalue weighted by atomic mass is 10.1. The third-order valence-electron chi connectivity index (χ3n) is 3.23. The highest BCUT2D eigenvalue weighted by Gasteiger charge is 2.12. The molecule has 1 aliphatic heterocycles. The smallest absolute Gasteiger partial charge is 0.0386 e. The van der Waals surface area contributed by atoms with E-state index in [0.29, 0.717) is 0 Å². The monoisotopic (exact) mass is 218 g/mol. The Morgan fingerprint density at radius 1 is 1.25 bits per heavy atom. The second kappa shape index (κ2) is 5.90. The van der Waals surface area contributed by atoms with Gasteiger partial charge in [0, 0.05) is 25.3 Å². The maximum absolute atomic E-state index is 3.50. The number of nitrogens with zero attached hydrogens (tertiary/aromatic N) is 1. The summed E-state index contributed by atoms with van der Waals surface area (Å²) in [5.74, 6) is 0. The highest BCUT2D eigenvalue weighted by Crippen LogP contribution is 2.19. The van der Waals surface area contributed by atoms with Crippen LogP contribution < -0.4 is 5.32 Å². The van der Waals surface area contributed by atoms with Gasteiger partial charge in [-0.3, -0.25) is 4.90 Å². The van der Waals surface area contributed by atoms with E-state index in [0.717, 1.165) is 13.1 Å². The number of anilines is 1. The Morgan fingerprint density at radius 2 is 2.12 bits per heavy atom. The van der Waals surface area contributed by atoms with Crippen molar-refractivity contribution in [1.29, 1.82) is 0 Å². The number of unbranched alkanes of at least 4 members (excludes halogenated alkanes) is 2. The van der Waals surface area contributed by atoms with Crippen LogP contribution in [0.2, 0.25) is 0 Å². The third kappa shape index (κ3) is 2.99. The Hall–Kier alpha value is -1.02. The van der Waals surface area contributed by atoms with Crippen molar-refractivity contribution in [3.8, 4) is 0 Å². The standard InChI is InChI=1S/C14H22N2/c1-2-3-6-10-16-11-9-15-14-8-5-4-7-13(14)12-16/h4-5,7-8,15H,2-3,6,9-12H2,1H3. The van der Waals surface area contributed by atoms with Crippen LogP contribution in [-0.2, 0) is 6.54 Å². The summed E-state index contributed by atoms with van der Waals surface area (Å²) < 4.78 is 0. The third-order valence-corrected chi connectivity index (χ3v) is 3.23. The first kappa shape index (κ1) is 11.5. The summed E-state index contributed by atoms with van der Waals surface area (Å²) in [6.07, 6.45) is 3.99. The Morgan fingerprint density at radius 3 is 3.00 bits per heavy atom. The van der Waals surface area contributed by atoms with E-state index in [4.69, 9.17) is 0 Å². The molecule has 0 aromatic heterocycles. The van der Waals surface area contributed by atoms with Gasteiger partial charge in [0.1, 0.15) is 0 Å². The first-order valence-corrected chi connectivity index (χ1v) is 6.44. The fourth-order valence-electron chi connectivity index (χ4n) is 2.28. The molecule has 0 atom stereocenters. The Kier molecular flexibility index (Phi) is 4.23. The van der Waals surface area contributed by atoms with Crippen molar-refractivity contribution >= 4 is 5.69 Å². The van der Waals surface area contributed by atoms with Gasteiger partial charge < -0.3 is 5.32 Å². The van der Waals surface area contributed by atoms with Gasteiger partial charge in [0.25, 0.3) is 0 Å². The molecule has 0 spiro atoms. The Bertz CT molecular complexity index is 322. The lowest BCUT2D eigenvalue weighted by molar-refractivity contribution is 0.274. The first-order valence-electron chi connectivity index (χ1n) is 6.44. The summed E-state index contributed by atoms with van der Waals surface area (Å²) in [4.78, 5) is 2.56. The molecule has 0 aliphatic carbocycles. The van der Waals surface area contributed by atoms with Crippen LogP contribution in [0.3, 0.4) is 0 Å². The number of hydrogen-bond acceptors (Lipinski definition) is 2. The van der Waals surface area contributed by atoms with Gasteiger partial charge in [-0.05, 0) is 24.6 Å². The van der Waals surface area contributed by atoms with E-state index in [2.05, 4.69) is 41.4 Å². The lowest BCUT2D eigenvalue weighted by Crippen LogP contribution is -2.27. The van der Waals surface area contributed by atoms with Crippen molar-refractivity contribution in [3.63, 3.8) is 0 Å². The summed E-state index contributed by atoms with van der Waals surface area (Å²) >= 11 is 0. The fourth-order valence-corrected chi connectivity index (χ4v) is 2.28. The molecule has 2 rings (SSSR count). The van der Waals surface area contributed by atoms with Crippen molar-refractivity contribution in [2.24, 2.45) is 0 Å². The molecule has 16 heavy (non-hydrogen) atoms. The first-order chi connectivity index (χ1) is 7.90. The van der Waals surface area contributed by atoms with Gasteiger partial charge in [-0.2, -0.15) is 0 Å². The van der Waals surface area contributed by atoms with Crippen LogP contribution >= 0.6 is 0 Å². The van der Waals surface area contributed by atoms with Crippen LogP contribution in [0.1, 0.15) is 31.7 Å². The number of rotatable bonds is 4. The summed E-state index contributed by atoms with van der Waals surface area (Å²) in [6.45, 7) is 6.84. The molecular weight excluding hydrogens is 196 g/mol. The van der Waals surface area contributed by atoms with E-state index in [-0.39, 0.29) is 0 Å². The molecule has 0 amide bonds. The van der Waals surface area contributed by atoms with Crippen LogP contribution in [0.4, 0.5) is 5.69 Å². The Labute approximate surface area is 98.7 Å². The minimum absolute atomic E-state index is 1.07. The van der Waals surface area contributed by atoms with E-state index in [1.54, 1.807) is 0 Å². The van der Waals surface area contributed by atoms with E-state index in [1.165, 1.54) is 43.6 Å². The molecule has 2 heteroatoms. The lowest BCUT2D eigenvalue weighted by Gasteiger charge is -2.19. The average Bonchev–Trinajstić information content (AvgIpc) is 2.51. The number of hydrogen-bond donors (Lipinski definition) is 1. The van der Waals surface area contributed by atoms with Crippen molar-refractivity contribution in [1.82, 2.24) is 4.90 Å². The quantitative estimate of drug-likeness (QED) is 0.781. The molecule has 1 aliphatic rings. The number of nitrogens with one attached hydrogen (secondary N) is 1. The zero-order chi connectivity index (χ0) is 11.2. The summed E-state index contributed by atoms with van der Waals surface area (Å²) in [7, 11) is 0. The molecule has 2 nitrogen and oxygen atoms in total. The molecule has 1 heterocycles. The van der Waals surface area contributed by atoms with Gasteiger partial charge >= 0.3 is 0 Å². The molecule has 1 aromatic carbocycles. The predicted molar refractivity (Wildman–Crippen MR) is 69.7 cm³/mol. The van der Waals surface area contributed by atoms with E-state index < -0.39 is 0 Å². The molecule has 0 unspecified atom stereocenters. The normalized spacial score (nSPS) is 16.3. The number of para-hydroxylation sites is 1. The molecule has 88 valence electrons. The molecule has 1 aromatic rings. The minimum atomic E-state index is 1.07. The minimum Gasteiger partial charge on any atom is -0.383 e. The molecular formula is C14H22N2. The van der Waals surface area contributed by atoms with Gasteiger partial charge in [0.15, 0.2) is 0 Å². The average molecular weight is 218 g/mol. The second-order valence-corrected chi connectivity index (χ2v) is 4.57. The fraction of sp³-hybridized carbons (Fsp3) is 0.571. The zero-order valence-electron chi connectivity index (χ0n) is 10.2. The number of benzene rings is 1. The molecule has 0 saturated heterocycles. The van der Waals surface area contributed by atoms with Crippen LogP contribution in [0, 0.1) is 0 Å². The van der Waals surface area contributed by atoms with E-state index >= 15 is 0 Å². The van der Waals surface area contributed by atoms with Crippen molar-refractivity contribution < 1.29 is 0 Å². The predicted octanol–water partition coefficient (Wildman–Crippen LogP) is 3.10. The summed E-state index contributed by atoms with van der Waals surface area (Å²) in [5, 5.41) is 3.50. The summed E-state index contributed by atoms with van der Waals surface area (Å²) in [5.41, 5.74) is 2.76. The van der Waals surface area contributed by atoms with Gasteiger partial charge in [0.05, 0.1) is 0 Å². The molecule has 0 fully saturated rings. The summed E-state index contributed by atoms with van der Waals surface area (Å²) in [6, 6.07) is 8.67. The van der Waals surface area contributed by atoms with Crippen LogP contribution in [0.25, 0.3) is 0 Å². The highest BCUT2D eigenvalue weighted by molar-refractivity contribution is 5.51. The van der Waals surface area contributed by atoms with Crippen LogP contribution in [-0.4, -0.2) is 24.5 Å². The molecule has 0 saturated carbocycles. The van der Waals surface area contributed by atoms with Gasteiger partial charge in [-0.1, -0.05) is 38.0 Å². The van der Waals surface area contributed by atoms with Crippen molar-refractivity contribution in [2.45, 2.75) is 32.7 Å². The van der Waals surface area contributed by atoms with Crippen molar-refractivity contribution in [3.05, 3.63) is 29.8 Å². The molecule has 0 radical (unpaired) electrons. The van der Waals surface area contributed by atoms with Crippen LogP contribution in [0.15, 0.2) is 24.3 Å². The maximum atomic E-state index is 3.50. The SMILES string of the molecule is CCCCCN1CCNc2ccccc2C1. The van der Waals surface area contributed by atoms with Gasteiger partial charge in [-0.15, -0.1) is 0 Å². The molecule has 1 N–H and O–H groups in total. The van der Waals surface area contributed by atoms with E-state index in [1.807, 2.05) is 0 Å².